The number of aromatic nitrogens is 2. The van der Waals surface area contributed by atoms with Gasteiger partial charge in [-0.3, -0.25) is 4.68 Å². The standard InChI is InChI=1S/C16H21N3/c1-2-6-14(5-1)12-17-16-8-3-7-15(11-16)13-19-10-4-9-18-19/h3-4,7-11,14,17H,1-2,5-6,12-13H2. The highest BCUT2D eigenvalue weighted by atomic mass is 15.3. The minimum absolute atomic E-state index is 0.839. The molecule has 3 heteroatoms. The van der Waals surface area contributed by atoms with E-state index in [1.165, 1.54) is 36.9 Å². The molecule has 0 spiro atoms. The van der Waals surface area contributed by atoms with Crippen LogP contribution < -0.4 is 5.32 Å². The molecule has 1 heterocycles. The fraction of sp³-hybridized carbons (Fsp3) is 0.438. The minimum atomic E-state index is 0.839. The molecule has 100 valence electrons. The molecule has 1 N–H and O–H groups in total. The number of hydrogen-bond donors (Lipinski definition) is 1. The molecular formula is C16H21N3. The Bertz CT molecular complexity index is 498. The van der Waals surface area contributed by atoms with E-state index in [0.717, 1.165) is 19.0 Å². The van der Waals surface area contributed by atoms with Crippen LogP contribution in [0.2, 0.25) is 0 Å². The van der Waals surface area contributed by atoms with E-state index < -0.39 is 0 Å². The maximum absolute atomic E-state index is 4.25. The molecule has 0 unspecified atom stereocenters. The predicted octanol–water partition coefficient (Wildman–Crippen LogP) is 3.53. The van der Waals surface area contributed by atoms with Gasteiger partial charge in [0.2, 0.25) is 0 Å². The van der Waals surface area contributed by atoms with Gasteiger partial charge in [0.15, 0.2) is 0 Å². The third-order valence-corrected chi connectivity index (χ3v) is 3.90. The van der Waals surface area contributed by atoms with Crippen LogP contribution in [0.5, 0.6) is 0 Å². The second kappa shape index (κ2) is 5.91. The largest absolute Gasteiger partial charge is 0.385 e. The van der Waals surface area contributed by atoms with Crippen LogP contribution in [0.1, 0.15) is 31.2 Å². The molecule has 1 aliphatic rings. The number of benzene rings is 1. The van der Waals surface area contributed by atoms with Crippen LogP contribution >= 0.6 is 0 Å². The van der Waals surface area contributed by atoms with Crippen molar-refractivity contribution in [3.05, 3.63) is 48.3 Å². The third-order valence-electron chi connectivity index (χ3n) is 3.90. The Kier molecular flexibility index (Phi) is 3.82. The van der Waals surface area contributed by atoms with Gasteiger partial charge in [0.25, 0.3) is 0 Å². The van der Waals surface area contributed by atoms with Gasteiger partial charge in [-0.05, 0) is 42.5 Å². The number of rotatable bonds is 5. The topological polar surface area (TPSA) is 29.9 Å². The first-order chi connectivity index (χ1) is 9.40. The summed E-state index contributed by atoms with van der Waals surface area (Å²) in [5.74, 6) is 0.870. The summed E-state index contributed by atoms with van der Waals surface area (Å²) in [7, 11) is 0. The molecule has 0 aliphatic heterocycles. The Hall–Kier alpha value is -1.77. The third kappa shape index (κ3) is 3.37. The highest BCUT2D eigenvalue weighted by Crippen LogP contribution is 2.25. The average molecular weight is 255 g/mol. The van der Waals surface area contributed by atoms with E-state index in [2.05, 4.69) is 34.7 Å². The molecule has 19 heavy (non-hydrogen) atoms. The summed E-state index contributed by atoms with van der Waals surface area (Å²) in [6.45, 7) is 1.96. The summed E-state index contributed by atoms with van der Waals surface area (Å²) in [5.41, 5.74) is 2.52. The second-order valence-corrected chi connectivity index (χ2v) is 5.44. The first-order valence-electron chi connectivity index (χ1n) is 7.20. The second-order valence-electron chi connectivity index (χ2n) is 5.44. The molecule has 1 fully saturated rings. The summed E-state index contributed by atoms with van der Waals surface area (Å²) < 4.78 is 1.95. The Morgan fingerprint density at radius 1 is 1.21 bits per heavy atom. The zero-order chi connectivity index (χ0) is 12.9. The van der Waals surface area contributed by atoms with Crippen molar-refractivity contribution < 1.29 is 0 Å². The Labute approximate surface area is 114 Å². The molecule has 1 aromatic carbocycles. The first kappa shape index (κ1) is 12.3. The van der Waals surface area contributed by atoms with Crippen LogP contribution in [0, 0.1) is 5.92 Å². The van der Waals surface area contributed by atoms with Gasteiger partial charge in [0.1, 0.15) is 0 Å². The van der Waals surface area contributed by atoms with Crippen molar-refractivity contribution in [3.8, 4) is 0 Å². The maximum atomic E-state index is 4.25. The fourth-order valence-electron chi connectivity index (χ4n) is 2.84. The molecule has 3 rings (SSSR count). The SMILES string of the molecule is c1cc(Cn2cccn2)cc(NCC2CCCC2)c1. The zero-order valence-corrected chi connectivity index (χ0v) is 11.3. The highest BCUT2D eigenvalue weighted by Gasteiger charge is 2.14. The highest BCUT2D eigenvalue weighted by molar-refractivity contribution is 5.45. The summed E-state index contributed by atoms with van der Waals surface area (Å²) in [4.78, 5) is 0. The Morgan fingerprint density at radius 3 is 2.89 bits per heavy atom. The van der Waals surface area contributed by atoms with Crippen LogP contribution in [-0.4, -0.2) is 16.3 Å². The van der Waals surface area contributed by atoms with Gasteiger partial charge >= 0.3 is 0 Å². The molecule has 1 saturated carbocycles. The van der Waals surface area contributed by atoms with Gasteiger partial charge < -0.3 is 5.32 Å². The van der Waals surface area contributed by atoms with Crippen LogP contribution in [0.4, 0.5) is 5.69 Å². The Morgan fingerprint density at radius 2 is 2.11 bits per heavy atom. The van der Waals surface area contributed by atoms with Crippen LogP contribution in [-0.2, 0) is 6.54 Å². The quantitative estimate of drug-likeness (QED) is 0.885. The lowest BCUT2D eigenvalue weighted by Gasteiger charge is -2.12. The van der Waals surface area contributed by atoms with E-state index in [-0.39, 0.29) is 0 Å². The minimum Gasteiger partial charge on any atom is -0.385 e. The number of nitrogens with zero attached hydrogens (tertiary/aromatic N) is 2. The molecule has 2 aromatic rings. The van der Waals surface area contributed by atoms with E-state index in [1.807, 2.05) is 23.1 Å². The van der Waals surface area contributed by atoms with Crippen molar-refractivity contribution in [1.82, 2.24) is 9.78 Å². The number of nitrogens with one attached hydrogen (secondary N) is 1. The Balaban J connectivity index is 1.59. The van der Waals surface area contributed by atoms with Crippen molar-refractivity contribution in [2.75, 3.05) is 11.9 Å². The fourth-order valence-corrected chi connectivity index (χ4v) is 2.84. The summed E-state index contributed by atoms with van der Waals surface area (Å²) in [5, 5.41) is 7.82. The summed E-state index contributed by atoms with van der Waals surface area (Å²) in [6.07, 6.45) is 9.41. The van der Waals surface area contributed by atoms with Crippen LogP contribution in [0.15, 0.2) is 42.7 Å². The smallest absolute Gasteiger partial charge is 0.0660 e. The van der Waals surface area contributed by atoms with E-state index >= 15 is 0 Å². The van der Waals surface area contributed by atoms with E-state index in [9.17, 15) is 0 Å². The van der Waals surface area contributed by atoms with Crippen molar-refractivity contribution >= 4 is 5.69 Å². The zero-order valence-electron chi connectivity index (χ0n) is 11.3. The molecule has 1 aliphatic carbocycles. The normalized spacial score (nSPS) is 15.8. The molecular weight excluding hydrogens is 234 g/mol. The number of anilines is 1. The molecule has 1 aromatic heterocycles. The van der Waals surface area contributed by atoms with Crippen molar-refractivity contribution in [2.45, 2.75) is 32.2 Å². The first-order valence-corrected chi connectivity index (χ1v) is 7.20. The van der Waals surface area contributed by atoms with Gasteiger partial charge in [-0.15, -0.1) is 0 Å². The van der Waals surface area contributed by atoms with E-state index in [1.54, 1.807) is 0 Å². The average Bonchev–Trinajstić information content (AvgIpc) is 3.10. The summed E-state index contributed by atoms with van der Waals surface area (Å²) in [6, 6.07) is 10.6. The predicted molar refractivity (Wildman–Crippen MR) is 78.2 cm³/mol. The van der Waals surface area contributed by atoms with E-state index in [0.29, 0.717) is 0 Å². The molecule has 0 radical (unpaired) electrons. The van der Waals surface area contributed by atoms with Crippen molar-refractivity contribution in [1.29, 1.82) is 0 Å². The monoisotopic (exact) mass is 255 g/mol. The van der Waals surface area contributed by atoms with Crippen LogP contribution in [0.3, 0.4) is 0 Å². The van der Waals surface area contributed by atoms with Crippen LogP contribution in [0.25, 0.3) is 0 Å². The molecule has 3 nitrogen and oxygen atoms in total. The lowest BCUT2D eigenvalue weighted by Crippen LogP contribution is -2.11. The summed E-state index contributed by atoms with van der Waals surface area (Å²) >= 11 is 0. The van der Waals surface area contributed by atoms with Gasteiger partial charge in [-0.25, -0.2) is 0 Å². The molecule has 0 amide bonds. The lowest BCUT2D eigenvalue weighted by molar-refractivity contribution is 0.580. The number of hydrogen-bond acceptors (Lipinski definition) is 2. The van der Waals surface area contributed by atoms with Crippen molar-refractivity contribution in [3.63, 3.8) is 0 Å². The van der Waals surface area contributed by atoms with Gasteiger partial charge in [0.05, 0.1) is 6.54 Å². The molecule has 0 atom stereocenters. The maximum Gasteiger partial charge on any atom is 0.0660 e. The lowest BCUT2D eigenvalue weighted by atomic mass is 10.1. The van der Waals surface area contributed by atoms with Gasteiger partial charge in [-0.1, -0.05) is 25.0 Å². The van der Waals surface area contributed by atoms with Gasteiger partial charge in [-0.2, -0.15) is 5.10 Å². The molecule has 0 saturated heterocycles. The van der Waals surface area contributed by atoms with Gasteiger partial charge in [0, 0.05) is 24.6 Å². The van der Waals surface area contributed by atoms with Crippen molar-refractivity contribution in [2.24, 2.45) is 5.92 Å². The molecule has 0 bridgehead atoms. The van der Waals surface area contributed by atoms with E-state index in [4.69, 9.17) is 0 Å².